The molecule has 128 valence electrons. The number of aromatic nitrogens is 2. The van der Waals surface area contributed by atoms with Gasteiger partial charge in [-0.05, 0) is 30.3 Å². The fraction of sp³-hybridized carbons (Fsp3) is 0.118. The predicted molar refractivity (Wildman–Crippen MR) is 87.2 cm³/mol. The fourth-order valence-electron chi connectivity index (χ4n) is 2.24. The Bertz CT molecular complexity index is 910. The number of anilines is 1. The summed E-state index contributed by atoms with van der Waals surface area (Å²) in [5, 5.41) is 10.0. The Kier molecular flexibility index (Phi) is 4.60. The molecule has 0 atom stereocenters. The number of ether oxygens (including phenoxy) is 2. The molecular formula is C17H14FN3O4. The summed E-state index contributed by atoms with van der Waals surface area (Å²) < 4.78 is 29.0. The highest BCUT2D eigenvalue weighted by molar-refractivity contribution is 6.05. The number of hydrogen-bond donors (Lipinski definition) is 1. The smallest absolute Gasteiger partial charge is 0.322 e. The molecule has 8 heteroatoms. The maximum atomic E-state index is 13.3. The monoisotopic (exact) mass is 343 g/mol. The first-order valence-corrected chi connectivity index (χ1v) is 7.24. The molecule has 1 amide bonds. The Labute approximate surface area is 142 Å². The number of carbonyl (C=O) groups excluding carboxylic acids is 1. The number of nitrogens with one attached hydrogen (secondary N) is 1. The highest BCUT2D eigenvalue weighted by Gasteiger charge is 2.19. The standard InChI is InChI=1S/C17H14FN3O4/c1-23-13-8-4-7-12(14(13)24-2)15(22)19-17-21-20-16(25-17)10-5-3-6-11(18)9-10/h3-9H,1-2H3,(H,19,21,22). The molecule has 3 aromatic rings. The second kappa shape index (κ2) is 7.00. The molecule has 1 heterocycles. The number of amides is 1. The molecule has 0 spiro atoms. The van der Waals surface area contributed by atoms with Crippen LogP contribution in [0, 0.1) is 5.82 Å². The quantitative estimate of drug-likeness (QED) is 0.766. The largest absolute Gasteiger partial charge is 0.493 e. The highest BCUT2D eigenvalue weighted by Crippen LogP contribution is 2.31. The zero-order valence-electron chi connectivity index (χ0n) is 13.4. The summed E-state index contributed by atoms with van der Waals surface area (Å²) in [6.07, 6.45) is 0. The number of carbonyl (C=O) groups is 1. The van der Waals surface area contributed by atoms with Gasteiger partial charge in [-0.3, -0.25) is 10.1 Å². The molecule has 1 N–H and O–H groups in total. The van der Waals surface area contributed by atoms with Gasteiger partial charge in [0.05, 0.1) is 19.8 Å². The van der Waals surface area contributed by atoms with Crippen LogP contribution in [0.3, 0.4) is 0 Å². The van der Waals surface area contributed by atoms with Crippen LogP contribution in [-0.2, 0) is 0 Å². The van der Waals surface area contributed by atoms with Gasteiger partial charge in [-0.15, -0.1) is 5.10 Å². The van der Waals surface area contributed by atoms with E-state index in [2.05, 4.69) is 15.5 Å². The van der Waals surface area contributed by atoms with Gasteiger partial charge in [0.15, 0.2) is 11.5 Å². The van der Waals surface area contributed by atoms with Gasteiger partial charge >= 0.3 is 6.01 Å². The van der Waals surface area contributed by atoms with E-state index in [-0.39, 0.29) is 23.2 Å². The third-order valence-electron chi connectivity index (χ3n) is 3.36. The van der Waals surface area contributed by atoms with E-state index in [0.717, 1.165) is 0 Å². The summed E-state index contributed by atoms with van der Waals surface area (Å²) in [4.78, 5) is 12.4. The van der Waals surface area contributed by atoms with Gasteiger partial charge in [0.1, 0.15) is 5.82 Å². The number of halogens is 1. The van der Waals surface area contributed by atoms with Crippen molar-refractivity contribution in [1.29, 1.82) is 0 Å². The average Bonchev–Trinajstić information content (AvgIpc) is 3.09. The zero-order chi connectivity index (χ0) is 17.8. The van der Waals surface area contributed by atoms with Crippen molar-refractivity contribution in [3.05, 3.63) is 53.8 Å². The number of hydrogen-bond acceptors (Lipinski definition) is 6. The summed E-state index contributed by atoms with van der Waals surface area (Å²) in [5.74, 6) is -0.145. The molecule has 0 radical (unpaired) electrons. The third-order valence-corrected chi connectivity index (χ3v) is 3.36. The van der Waals surface area contributed by atoms with E-state index in [1.54, 1.807) is 24.3 Å². The molecule has 3 rings (SSSR count). The molecule has 2 aromatic carbocycles. The molecule has 7 nitrogen and oxygen atoms in total. The number of para-hydroxylation sites is 1. The van der Waals surface area contributed by atoms with Crippen LogP contribution < -0.4 is 14.8 Å². The molecule has 0 unspecified atom stereocenters. The van der Waals surface area contributed by atoms with Crippen LogP contribution >= 0.6 is 0 Å². The van der Waals surface area contributed by atoms with Crippen molar-refractivity contribution in [3.8, 4) is 23.0 Å². The van der Waals surface area contributed by atoms with Crippen molar-refractivity contribution in [2.75, 3.05) is 19.5 Å². The van der Waals surface area contributed by atoms with Gasteiger partial charge in [-0.2, -0.15) is 0 Å². The van der Waals surface area contributed by atoms with E-state index >= 15 is 0 Å². The molecule has 0 aliphatic heterocycles. The third kappa shape index (κ3) is 3.42. The van der Waals surface area contributed by atoms with Crippen molar-refractivity contribution < 1.29 is 23.1 Å². The van der Waals surface area contributed by atoms with Crippen molar-refractivity contribution in [2.24, 2.45) is 0 Å². The molecular weight excluding hydrogens is 329 g/mol. The number of nitrogens with zero attached hydrogens (tertiary/aromatic N) is 2. The van der Waals surface area contributed by atoms with Crippen LogP contribution in [0.5, 0.6) is 11.5 Å². The van der Waals surface area contributed by atoms with Gasteiger partial charge in [0.2, 0.25) is 5.89 Å². The van der Waals surface area contributed by atoms with Crippen molar-refractivity contribution >= 4 is 11.9 Å². The number of rotatable bonds is 5. The summed E-state index contributed by atoms with van der Waals surface area (Å²) in [7, 11) is 2.91. The Morgan fingerprint density at radius 1 is 1.12 bits per heavy atom. The van der Waals surface area contributed by atoms with Crippen LogP contribution in [-0.4, -0.2) is 30.3 Å². The maximum Gasteiger partial charge on any atom is 0.322 e. The second-order valence-electron chi connectivity index (χ2n) is 4.92. The lowest BCUT2D eigenvalue weighted by Gasteiger charge is -2.11. The van der Waals surface area contributed by atoms with E-state index in [0.29, 0.717) is 11.3 Å². The second-order valence-corrected chi connectivity index (χ2v) is 4.92. The molecule has 0 saturated heterocycles. The maximum absolute atomic E-state index is 13.3. The normalized spacial score (nSPS) is 10.4. The minimum atomic E-state index is -0.509. The van der Waals surface area contributed by atoms with Crippen molar-refractivity contribution in [2.45, 2.75) is 0 Å². The van der Waals surface area contributed by atoms with E-state index in [9.17, 15) is 9.18 Å². The van der Waals surface area contributed by atoms with Gasteiger partial charge < -0.3 is 13.9 Å². The summed E-state index contributed by atoms with van der Waals surface area (Å²) >= 11 is 0. The van der Waals surface area contributed by atoms with Crippen LogP contribution in [0.25, 0.3) is 11.5 Å². The lowest BCUT2D eigenvalue weighted by Crippen LogP contribution is -2.13. The van der Waals surface area contributed by atoms with Gasteiger partial charge in [-0.25, -0.2) is 4.39 Å². The van der Waals surface area contributed by atoms with E-state index in [4.69, 9.17) is 13.9 Å². The molecule has 0 aliphatic carbocycles. The minimum Gasteiger partial charge on any atom is -0.493 e. The first-order valence-electron chi connectivity index (χ1n) is 7.24. The number of methoxy groups -OCH3 is 2. The number of benzene rings is 2. The average molecular weight is 343 g/mol. The lowest BCUT2D eigenvalue weighted by atomic mass is 10.1. The van der Waals surface area contributed by atoms with Crippen molar-refractivity contribution in [3.63, 3.8) is 0 Å². The molecule has 0 bridgehead atoms. The molecule has 0 saturated carbocycles. The zero-order valence-corrected chi connectivity index (χ0v) is 13.4. The summed E-state index contributed by atoms with van der Waals surface area (Å²) in [6.45, 7) is 0. The lowest BCUT2D eigenvalue weighted by molar-refractivity contribution is 0.102. The van der Waals surface area contributed by atoms with Gasteiger partial charge in [-0.1, -0.05) is 17.2 Å². The Hall–Kier alpha value is -3.42. The van der Waals surface area contributed by atoms with Crippen molar-refractivity contribution in [1.82, 2.24) is 10.2 Å². The minimum absolute atomic E-state index is 0.0902. The van der Waals surface area contributed by atoms with Crippen LogP contribution in [0.15, 0.2) is 46.9 Å². The molecule has 25 heavy (non-hydrogen) atoms. The van der Waals surface area contributed by atoms with E-state index in [1.165, 1.54) is 32.4 Å². The van der Waals surface area contributed by atoms with Crippen LogP contribution in [0.1, 0.15) is 10.4 Å². The first kappa shape index (κ1) is 16.4. The summed E-state index contributed by atoms with van der Waals surface area (Å²) in [6, 6.07) is 10.5. The predicted octanol–water partition coefficient (Wildman–Crippen LogP) is 3.15. The summed E-state index contributed by atoms with van der Waals surface area (Å²) in [5.41, 5.74) is 0.652. The SMILES string of the molecule is COc1cccc(C(=O)Nc2nnc(-c3cccc(F)c3)o2)c1OC. The Balaban J connectivity index is 1.83. The van der Waals surface area contributed by atoms with Gasteiger partial charge in [0.25, 0.3) is 5.91 Å². The van der Waals surface area contributed by atoms with Crippen LogP contribution in [0.4, 0.5) is 10.4 Å². The van der Waals surface area contributed by atoms with E-state index in [1.807, 2.05) is 0 Å². The first-order chi connectivity index (χ1) is 12.1. The molecule has 1 aromatic heterocycles. The Morgan fingerprint density at radius 2 is 1.92 bits per heavy atom. The molecule has 0 aliphatic rings. The molecule has 0 fully saturated rings. The highest BCUT2D eigenvalue weighted by atomic mass is 19.1. The topological polar surface area (TPSA) is 86.5 Å². The van der Waals surface area contributed by atoms with Gasteiger partial charge in [0, 0.05) is 5.56 Å². The fourth-order valence-corrected chi connectivity index (χ4v) is 2.24. The van der Waals surface area contributed by atoms with E-state index < -0.39 is 11.7 Å². The Morgan fingerprint density at radius 3 is 2.64 bits per heavy atom. The van der Waals surface area contributed by atoms with Crippen LogP contribution in [0.2, 0.25) is 0 Å².